The minimum Gasteiger partial charge on any atom is -0.497 e. The second-order valence-electron chi connectivity index (χ2n) is 8.78. The summed E-state index contributed by atoms with van der Waals surface area (Å²) in [5, 5.41) is 11.4. The number of amides is 1. The van der Waals surface area contributed by atoms with Crippen LogP contribution in [0.3, 0.4) is 0 Å². The molecule has 2 aromatic rings. The average Bonchev–Trinajstić information content (AvgIpc) is 3.10. The third-order valence-corrected chi connectivity index (χ3v) is 6.56. The van der Waals surface area contributed by atoms with Gasteiger partial charge in [0.2, 0.25) is 0 Å². The smallest absolute Gasteiger partial charge is 0.270 e. The van der Waals surface area contributed by atoms with E-state index in [1.165, 1.54) is 24.1 Å². The molecule has 0 bridgehead atoms. The van der Waals surface area contributed by atoms with Gasteiger partial charge in [0.25, 0.3) is 11.6 Å². The Bertz CT molecular complexity index is 973. The molecule has 2 aliphatic rings. The van der Waals surface area contributed by atoms with Crippen LogP contribution in [0.15, 0.2) is 42.5 Å². The van der Waals surface area contributed by atoms with Gasteiger partial charge in [-0.15, -0.1) is 0 Å². The van der Waals surface area contributed by atoms with Crippen LogP contribution in [0.4, 0.5) is 11.4 Å². The molecule has 0 N–H and O–H groups in total. The second kappa shape index (κ2) is 10.7. The lowest BCUT2D eigenvalue weighted by atomic mass is 10.1. The molecule has 0 spiro atoms. The Labute approximate surface area is 194 Å². The first-order valence-corrected chi connectivity index (χ1v) is 11.7. The molecule has 0 unspecified atom stereocenters. The minimum atomic E-state index is -0.421. The number of carbonyl (C=O) groups is 1. The van der Waals surface area contributed by atoms with Gasteiger partial charge in [-0.1, -0.05) is 12.1 Å². The number of non-ortho nitro benzene ring substituents is 1. The number of hydrogen-bond acceptors (Lipinski definition) is 6. The van der Waals surface area contributed by atoms with E-state index < -0.39 is 4.92 Å². The normalized spacial score (nSPS) is 17.5. The van der Waals surface area contributed by atoms with E-state index in [4.69, 9.17) is 4.74 Å². The van der Waals surface area contributed by atoms with Crippen molar-refractivity contribution >= 4 is 17.3 Å². The molecule has 2 fully saturated rings. The van der Waals surface area contributed by atoms with Gasteiger partial charge < -0.3 is 14.5 Å². The first-order valence-electron chi connectivity index (χ1n) is 11.7. The number of anilines is 1. The summed E-state index contributed by atoms with van der Waals surface area (Å²) in [4.78, 5) is 31.0. The predicted octanol–water partition coefficient (Wildman–Crippen LogP) is 3.94. The third kappa shape index (κ3) is 5.63. The van der Waals surface area contributed by atoms with E-state index in [1.54, 1.807) is 13.2 Å². The molecule has 1 amide bonds. The number of ether oxygens (including phenoxy) is 1. The standard InChI is InChI=1S/C25H32N4O4/c1-33-22-9-6-20(7-10-22)19-26-12-5-15-28(17-16-26)25(30)23-18-21(29(31)32)8-11-24(23)27-13-3-2-4-14-27/h6-11,18H,2-5,12-17,19H2,1H3. The lowest BCUT2D eigenvalue weighted by Gasteiger charge is -2.31. The van der Waals surface area contributed by atoms with E-state index in [2.05, 4.69) is 21.9 Å². The topological polar surface area (TPSA) is 79.2 Å². The molecule has 8 heteroatoms. The zero-order valence-electron chi connectivity index (χ0n) is 19.2. The highest BCUT2D eigenvalue weighted by atomic mass is 16.6. The van der Waals surface area contributed by atoms with Crippen molar-refractivity contribution < 1.29 is 14.5 Å². The maximum Gasteiger partial charge on any atom is 0.270 e. The summed E-state index contributed by atoms with van der Waals surface area (Å²) in [5.74, 6) is 0.735. The van der Waals surface area contributed by atoms with E-state index in [0.717, 1.165) is 63.4 Å². The summed E-state index contributed by atoms with van der Waals surface area (Å²) in [7, 11) is 1.66. The van der Waals surface area contributed by atoms with Crippen LogP contribution in [0.5, 0.6) is 5.75 Å². The van der Waals surface area contributed by atoms with Crippen LogP contribution >= 0.6 is 0 Å². The number of hydrogen-bond donors (Lipinski definition) is 0. The van der Waals surface area contributed by atoms with E-state index in [1.807, 2.05) is 17.0 Å². The molecule has 2 aliphatic heterocycles. The average molecular weight is 453 g/mol. The van der Waals surface area contributed by atoms with E-state index >= 15 is 0 Å². The molecular weight excluding hydrogens is 420 g/mol. The second-order valence-corrected chi connectivity index (χ2v) is 8.78. The van der Waals surface area contributed by atoms with Gasteiger partial charge in [-0.05, 0) is 49.4 Å². The number of nitro benzene ring substituents is 1. The number of methoxy groups -OCH3 is 1. The van der Waals surface area contributed by atoms with Crippen LogP contribution in [-0.2, 0) is 6.54 Å². The maximum absolute atomic E-state index is 13.6. The Morgan fingerprint density at radius 2 is 1.70 bits per heavy atom. The molecule has 0 radical (unpaired) electrons. The van der Waals surface area contributed by atoms with E-state index in [9.17, 15) is 14.9 Å². The van der Waals surface area contributed by atoms with E-state index in [0.29, 0.717) is 18.7 Å². The fraction of sp³-hybridized carbons (Fsp3) is 0.480. The molecule has 0 aliphatic carbocycles. The highest BCUT2D eigenvalue weighted by molar-refractivity contribution is 6.00. The zero-order chi connectivity index (χ0) is 23.2. The minimum absolute atomic E-state index is 0.0323. The molecule has 0 saturated carbocycles. The van der Waals surface area contributed by atoms with Crippen LogP contribution < -0.4 is 9.64 Å². The third-order valence-electron chi connectivity index (χ3n) is 6.56. The largest absolute Gasteiger partial charge is 0.497 e. The Morgan fingerprint density at radius 1 is 0.939 bits per heavy atom. The first-order chi connectivity index (χ1) is 16.0. The van der Waals surface area contributed by atoms with Gasteiger partial charge in [-0.3, -0.25) is 19.8 Å². The van der Waals surface area contributed by atoms with Gasteiger partial charge in [-0.2, -0.15) is 0 Å². The van der Waals surface area contributed by atoms with Crippen molar-refractivity contribution in [2.45, 2.75) is 32.2 Å². The Kier molecular flexibility index (Phi) is 7.44. The Balaban J connectivity index is 1.47. The molecule has 176 valence electrons. The van der Waals surface area contributed by atoms with Crippen molar-refractivity contribution in [3.8, 4) is 5.75 Å². The lowest BCUT2D eigenvalue weighted by Crippen LogP contribution is -2.37. The fourth-order valence-corrected chi connectivity index (χ4v) is 4.71. The number of rotatable bonds is 6. The van der Waals surface area contributed by atoms with Crippen LogP contribution in [0.25, 0.3) is 0 Å². The number of benzene rings is 2. The van der Waals surface area contributed by atoms with Crippen LogP contribution in [0, 0.1) is 10.1 Å². The van der Waals surface area contributed by atoms with Crippen LogP contribution in [0.2, 0.25) is 0 Å². The maximum atomic E-state index is 13.6. The SMILES string of the molecule is COc1ccc(CN2CCCN(C(=O)c3cc([N+](=O)[O-])ccc3N3CCCCC3)CC2)cc1. The number of carbonyl (C=O) groups excluding carboxylic acids is 1. The number of piperidine rings is 1. The fourth-order valence-electron chi connectivity index (χ4n) is 4.71. The molecule has 0 atom stereocenters. The van der Waals surface area contributed by atoms with Crippen molar-refractivity contribution in [2.24, 2.45) is 0 Å². The molecule has 2 aromatic carbocycles. The summed E-state index contributed by atoms with van der Waals surface area (Å²) >= 11 is 0. The summed E-state index contributed by atoms with van der Waals surface area (Å²) < 4.78 is 5.23. The monoisotopic (exact) mass is 452 g/mol. The summed E-state index contributed by atoms with van der Waals surface area (Å²) in [5.41, 5.74) is 2.45. The molecular formula is C25H32N4O4. The predicted molar refractivity (Wildman–Crippen MR) is 128 cm³/mol. The van der Waals surface area contributed by atoms with Gasteiger partial charge in [0.05, 0.1) is 23.3 Å². The Hall–Kier alpha value is -3.13. The van der Waals surface area contributed by atoms with Gasteiger partial charge in [0, 0.05) is 57.9 Å². The molecule has 4 rings (SSSR count). The summed E-state index contributed by atoms with van der Waals surface area (Å²) in [6.07, 6.45) is 4.21. The Morgan fingerprint density at radius 3 is 2.39 bits per heavy atom. The highest BCUT2D eigenvalue weighted by Crippen LogP contribution is 2.29. The number of nitrogens with zero attached hydrogens (tertiary/aromatic N) is 4. The highest BCUT2D eigenvalue weighted by Gasteiger charge is 2.26. The zero-order valence-corrected chi connectivity index (χ0v) is 19.2. The van der Waals surface area contributed by atoms with Crippen molar-refractivity contribution in [3.63, 3.8) is 0 Å². The van der Waals surface area contributed by atoms with E-state index in [-0.39, 0.29) is 11.6 Å². The van der Waals surface area contributed by atoms with Crippen molar-refractivity contribution in [1.82, 2.24) is 9.80 Å². The molecule has 2 saturated heterocycles. The lowest BCUT2D eigenvalue weighted by molar-refractivity contribution is -0.384. The summed E-state index contributed by atoms with van der Waals surface area (Å²) in [6.45, 7) is 5.52. The van der Waals surface area contributed by atoms with Crippen LogP contribution in [0.1, 0.15) is 41.6 Å². The van der Waals surface area contributed by atoms with Gasteiger partial charge in [0.15, 0.2) is 0 Å². The van der Waals surface area contributed by atoms with Crippen molar-refractivity contribution in [2.75, 3.05) is 51.3 Å². The van der Waals surface area contributed by atoms with Gasteiger partial charge in [0.1, 0.15) is 5.75 Å². The van der Waals surface area contributed by atoms with Gasteiger partial charge >= 0.3 is 0 Å². The van der Waals surface area contributed by atoms with Crippen molar-refractivity contribution in [1.29, 1.82) is 0 Å². The summed E-state index contributed by atoms with van der Waals surface area (Å²) in [6, 6.07) is 12.8. The number of nitro groups is 1. The van der Waals surface area contributed by atoms with Crippen molar-refractivity contribution in [3.05, 3.63) is 63.7 Å². The molecule has 0 aromatic heterocycles. The molecule has 8 nitrogen and oxygen atoms in total. The molecule has 33 heavy (non-hydrogen) atoms. The quantitative estimate of drug-likeness (QED) is 0.488. The van der Waals surface area contributed by atoms with Crippen LogP contribution in [-0.4, -0.2) is 67.0 Å². The van der Waals surface area contributed by atoms with Gasteiger partial charge in [-0.25, -0.2) is 0 Å². The molecule has 2 heterocycles. The first kappa shape index (κ1) is 23.0.